The van der Waals surface area contributed by atoms with Gasteiger partial charge in [-0.25, -0.2) is 9.50 Å². The van der Waals surface area contributed by atoms with Crippen LogP contribution in [0.5, 0.6) is 0 Å². The van der Waals surface area contributed by atoms with Crippen LogP contribution in [0.25, 0.3) is 28.2 Å². The maximum absolute atomic E-state index is 12.5. The van der Waals surface area contributed by atoms with Crippen LogP contribution in [0.1, 0.15) is 42.6 Å². The third-order valence-corrected chi connectivity index (χ3v) is 5.86. The summed E-state index contributed by atoms with van der Waals surface area (Å²) in [6, 6.07) is 8.02. The van der Waals surface area contributed by atoms with Crippen molar-refractivity contribution < 1.29 is 9.90 Å². The number of aryl methyl sites for hydroxylation is 2. The number of carbonyl (C=O) groups excluding carboxylic acids is 1. The molecule has 3 aromatic heterocycles. The minimum atomic E-state index is -0.891. The molecular formula is C25H29N7O2. The number of imidazole rings is 1. The average Bonchev–Trinajstić information content (AvgIpc) is 3.31. The summed E-state index contributed by atoms with van der Waals surface area (Å²) in [6.45, 7) is 5.80. The molecule has 34 heavy (non-hydrogen) atoms. The van der Waals surface area contributed by atoms with Crippen molar-refractivity contribution in [1.29, 1.82) is 0 Å². The lowest BCUT2D eigenvalue weighted by atomic mass is 10.0. The number of hydrogen-bond acceptors (Lipinski definition) is 6. The van der Waals surface area contributed by atoms with Crippen LogP contribution in [0.4, 0.5) is 5.69 Å². The highest BCUT2D eigenvalue weighted by Gasteiger charge is 2.25. The molecule has 9 heteroatoms. The van der Waals surface area contributed by atoms with E-state index in [1.807, 2.05) is 44.4 Å². The number of aliphatic hydroxyl groups is 1. The number of aromatic nitrogens is 5. The highest BCUT2D eigenvalue weighted by Crippen LogP contribution is 2.29. The van der Waals surface area contributed by atoms with Gasteiger partial charge in [-0.1, -0.05) is 6.07 Å². The fourth-order valence-corrected chi connectivity index (χ4v) is 3.87. The largest absolute Gasteiger partial charge is 0.389 e. The molecule has 1 fully saturated rings. The number of nitrogens with zero attached hydrogens (tertiary/aromatic N) is 5. The Bertz CT molecular complexity index is 1380. The number of carbonyl (C=O) groups is 1. The van der Waals surface area contributed by atoms with E-state index in [9.17, 15) is 9.90 Å². The first-order chi connectivity index (χ1) is 16.2. The van der Waals surface area contributed by atoms with Crippen LogP contribution in [-0.4, -0.2) is 53.6 Å². The van der Waals surface area contributed by atoms with Crippen LogP contribution in [0.2, 0.25) is 0 Å². The van der Waals surface area contributed by atoms with Crippen molar-refractivity contribution in [3.63, 3.8) is 0 Å². The highest BCUT2D eigenvalue weighted by molar-refractivity contribution is 5.96. The molecule has 3 heterocycles. The first kappa shape index (κ1) is 22.1. The molecule has 1 aromatic carbocycles. The third kappa shape index (κ3) is 4.51. The number of hydrogen-bond donors (Lipinski definition) is 3. The summed E-state index contributed by atoms with van der Waals surface area (Å²) >= 11 is 0. The van der Waals surface area contributed by atoms with E-state index in [4.69, 9.17) is 5.10 Å². The van der Waals surface area contributed by atoms with E-state index in [-0.39, 0.29) is 5.91 Å². The standard InChI is InChI=1S/C25H29N7O2/c1-15-9-16(5-8-19(15)24(33)29-18-6-7-18)22-12-26-23-21(27-14-25(2,3)34)10-20(30-32(22)23)17-11-28-31(4)13-17/h5,8-13,18,27,34H,6-7,14H2,1-4H3,(H,29,33). The van der Waals surface area contributed by atoms with Crippen molar-refractivity contribution in [1.82, 2.24) is 29.7 Å². The molecule has 1 saturated carbocycles. The van der Waals surface area contributed by atoms with Crippen molar-refractivity contribution in [2.24, 2.45) is 7.05 Å². The topological polar surface area (TPSA) is 109 Å². The molecule has 0 saturated heterocycles. The SMILES string of the molecule is Cc1cc(-c2cnc3c(NCC(C)(C)O)cc(-c4cnn(C)c4)nn23)ccc1C(=O)NC1CC1. The van der Waals surface area contributed by atoms with Gasteiger partial charge >= 0.3 is 0 Å². The molecule has 0 bridgehead atoms. The Hall–Kier alpha value is -3.72. The fourth-order valence-electron chi connectivity index (χ4n) is 3.87. The Labute approximate surface area is 197 Å². The predicted octanol–water partition coefficient (Wildman–Crippen LogP) is 3.18. The molecule has 1 aliphatic rings. The molecule has 0 aliphatic heterocycles. The van der Waals surface area contributed by atoms with Gasteiger partial charge in [0.25, 0.3) is 5.91 Å². The van der Waals surface area contributed by atoms with Crippen molar-refractivity contribution in [2.45, 2.75) is 45.3 Å². The molecule has 5 rings (SSSR count). The van der Waals surface area contributed by atoms with Gasteiger partial charge in [0.1, 0.15) is 0 Å². The van der Waals surface area contributed by atoms with Gasteiger partial charge in [0.2, 0.25) is 0 Å². The van der Waals surface area contributed by atoms with Crippen LogP contribution < -0.4 is 10.6 Å². The van der Waals surface area contributed by atoms with E-state index in [2.05, 4.69) is 20.7 Å². The first-order valence-corrected chi connectivity index (χ1v) is 11.4. The number of fused-ring (bicyclic) bond motifs is 1. The number of nitrogens with one attached hydrogen (secondary N) is 2. The van der Waals surface area contributed by atoms with Gasteiger partial charge in [-0.15, -0.1) is 0 Å². The van der Waals surface area contributed by atoms with Crippen LogP contribution in [-0.2, 0) is 7.05 Å². The second-order valence-electron chi connectivity index (χ2n) is 9.67. The van der Waals surface area contributed by atoms with Crippen molar-refractivity contribution in [3.05, 3.63) is 54.0 Å². The molecular weight excluding hydrogens is 430 g/mol. The maximum Gasteiger partial charge on any atom is 0.251 e. The van der Waals surface area contributed by atoms with Crippen molar-refractivity contribution in [2.75, 3.05) is 11.9 Å². The highest BCUT2D eigenvalue weighted by atomic mass is 16.3. The van der Waals surface area contributed by atoms with Gasteiger partial charge in [0.05, 0.1) is 35.1 Å². The van der Waals surface area contributed by atoms with Crippen molar-refractivity contribution >= 4 is 17.2 Å². The Balaban J connectivity index is 1.57. The number of rotatable bonds is 7. The lowest BCUT2D eigenvalue weighted by Crippen LogP contribution is -2.29. The second-order valence-corrected chi connectivity index (χ2v) is 9.67. The van der Waals surface area contributed by atoms with Crippen LogP contribution in [0.3, 0.4) is 0 Å². The van der Waals surface area contributed by atoms with Gasteiger partial charge in [-0.05, 0) is 57.4 Å². The van der Waals surface area contributed by atoms with Crippen molar-refractivity contribution in [3.8, 4) is 22.5 Å². The van der Waals surface area contributed by atoms with Gasteiger partial charge in [0.15, 0.2) is 5.65 Å². The molecule has 9 nitrogen and oxygen atoms in total. The molecule has 0 unspecified atom stereocenters. The summed E-state index contributed by atoms with van der Waals surface area (Å²) in [4.78, 5) is 17.2. The lowest BCUT2D eigenvalue weighted by Gasteiger charge is -2.19. The molecule has 3 N–H and O–H groups in total. The van der Waals surface area contributed by atoms with E-state index < -0.39 is 5.60 Å². The first-order valence-electron chi connectivity index (χ1n) is 11.4. The number of amides is 1. The zero-order valence-corrected chi connectivity index (χ0v) is 19.8. The fraction of sp³-hybridized carbons (Fsp3) is 0.360. The normalized spacial score (nSPS) is 13.9. The minimum Gasteiger partial charge on any atom is -0.389 e. The summed E-state index contributed by atoms with van der Waals surface area (Å²) < 4.78 is 3.53. The van der Waals surface area contributed by atoms with Crippen LogP contribution in [0, 0.1) is 6.92 Å². The minimum absolute atomic E-state index is 0.0280. The summed E-state index contributed by atoms with van der Waals surface area (Å²) in [5.41, 5.74) is 5.43. The summed E-state index contributed by atoms with van der Waals surface area (Å²) in [7, 11) is 1.86. The van der Waals surface area contributed by atoms with E-state index in [0.29, 0.717) is 23.8 Å². The molecule has 176 valence electrons. The van der Waals surface area contributed by atoms with E-state index in [0.717, 1.165) is 46.6 Å². The van der Waals surface area contributed by atoms with E-state index in [1.165, 1.54) is 0 Å². The van der Waals surface area contributed by atoms with E-state index in [1.54, 1.807) is 35.4 Å². The van der Waals surface area contributed by atoms with Gasteiger partial charge in [0, 0.05) is 42.5 Å². The van der Waals surface area contributed by atoms with Gasteiger partial charge in [-0.2, -0.15) is 10.2 Å². The van der Waals surface area contributed by atoms with Gasteiger partial charge < -0.3 is 15.7 Å². The summed E-state index contributed by atoms with van der Waals surface area (Å²) in [5, 5.41) is 25.7. The predicted molar refractivity (Wildman–Crippen MR) is 131 cm³/mol. The number of benzene rings is 1. The van der Waals surface area contributed by atoms with Gasteiger partial charge in [-0.3, -0.25) is 9.48 Å². The molecule has 0 radical (unpaired) electrons. The second kappa shape index (κ2) is 8.25. The Morgan fingerprint density at radius 2 is 2.00 bits per heavy atom. The Morgan fingerprint density at radius 1 is 1.21 bits per heavy atom. The molecule has 0 atom stereocenters. The summed E-state index contributed by atoms with van der Waals surface area (Å²) in [6.07, 6.45) is 7.56. The molecule has 1 aliphatic carbocycles. The zero-order chi connectivity index (χ0) is 24.0. The molecule has 1 amide bonds. The zero-order valence-electron chi connectivity index (χ0n) is 19.8. The van der Waals surface area contributed by atoms with Crippen LogP contribution in [0.15, 0.2) is 42.9 Å². The van der Waals surface area contributed by atoms with E-state index >= 15 is 0 Å². The maximum atomic E-state index is 12.5. The average molecular weight is 460 g/mol. The number of anilines is 1. The smallest absolute Gasteiger partial charge is 0.251 e. The quantitative estimate of drug-likeness (QED) is 0.392. The molecule has 4 aromatic rings. The Kier molecular flexibility index (Phi) is 5.36. The third-order valence-electron chi connectivity index (χ3n) is 5.86. The monoisotopic (exact) mass is 459 g/mol. The summed E-state index contributed by atoms with van der Waals surface area (Å²) in [5.74, 6) is -0.0280. The molecule has 0 spiro atoms. The van der Waals surface area contributed by atoms with Crippen LogP contribution >= 0.6 is 0 Å². The lowest BCUT2D eigenvalue weighted by molar-refractivity contribution is 0.0940. The Morgan fingerprint density at radius 3 is 2.65 bits per heavy atom.